The molecule has 0 unspecified atom stereocenters. The number of carbonyl (C=O) groups is 1. The number of hydrogen-bond donors (Lipinski definition) is 0. The number of rotatable bonds is 4. The molecule has 116 valence electrons. The van der Waals surface area contributed by atoms with Crippen LogP contribution in [-0.2, 0) is 4.79 Å². The number of nitrogens with zero attached hydrogens (tertiary/aromatic N) is 2. The fourth-order valence-electron chi connectivity index (χ4n) is 2.28. The van der Waals surface area contributed by atoms with Gasteiger partial charge in [-0.15, -0.1) is 0 Å². The fraction of sp³-hybridized carbons (Fsp3) is 0.294. The molecule has 1 aromatic carbocycles. The van der Waals surface area contributed by atoms with Crippen LogP contribution in [0.1, 0.15) is 19.4 Å². The molecule has 5 heteroatoms. The lowest BCUT2D eigenvalue weighted by Gasteiger charge is -2.21. The van der Waals surface area contributed by atoms with Gasteiger partial charge in [0.15, 0.2) is 5.78 Å². The highest BCUT2D eigenvalue weighted by Crippen LogP contribution is 2.27. The summed E-state index contributed by atoms with van der Waals surface area (Å²) < 4.78 is 0. The van der Waals surface area contributed by atoms with Crippen molar-refractivity contribution in [2.45, 2.75) is 20.8 Å². The summed E-state index contributed by atoms with van der Waals surface area (Å²) in [6, 6.07) is 6.10. The highest BCUT2D eigenvalue weighted by molar-refractivity contribution is 6.54. The van der Waals surface area contributed by atoms with E-state index in [0.29, 0.717) is 10.7 Å². The Labute approximate surface area is 140 Å². The van der Waals surface area contributed by atoms with Crippen LogP contribution < -0.4 is 4.90 Å². The molecule has 0 radical (unpaired) electrons. The van der Waals surface area contributed by atoms with Crippen LogP contribution in [0.2, 0.25) is 0 Å². The summed E-state index contributed by atoms with van der Waals surface area (Å²) in [5.41, 5.74) is 3.53. The van der Waals surface area contributed by atoms with E-state index in [9.17, 15) is 4.79 Å². The van der Waals surface area contributed by atoms with E-state index in [-0.39, 0.29) is 10.8 Å². The average Bonchev–Trinajstić information content (AvgIpc) is 2.48. The monoisotopic (exact) mass is 336 g/mol. The molecule has 0 amide bonds. The van der Waals surface area contributed by atoms with Crippen molar-refractivity contribution in [2.24, 2.45) is 4.99 Å². The van der Waals surface area contributed by atoms with Gasteiger partial charge in [0.05, 0.1) is 21.5 Å². The van der Waals surface area contributed by atoms with E-state index in [1.807, 2.05) is 19.1 Å². The van der Waals surface area contributed by atoms with Crippen molar-refractivity contribution in [2.75, 3.05) is 18.0 Å². The van der Waals surface area contributed by atoms with Crippen LogP contribution in [0.15, 0.2) is 45.4 Å². The summed E-state index contributed by atoms with van der Waals surface area (Å²) in [4.78, 5) is 18.2. The lowest BCUT2D eigenvalue weighted by Crippen LogP contribution is -2.21. The zero-order chi connectivity index (χ0) is 16.3. The topological polar surface area (TPSA) is 32.7 Å². The number of hydrogen-bond acceptors (Lipinski definition) is 3. The summed E-state index contributed by atoms with van der Waals surface area (Å²) >= 11 is 11.9. The van der Waals surface area contributed by atoms with E-state index >= 15 is 0 Å². The molecule has 0 saturated carbocycles. The van der Waals surface area contributed by atoms with Crippen LogP contribution in [0.4, 0.5) is 11.4 Å². The Balaban J connectivity index is 2.37. The first-order valence-corrected chi connectivity index (χ1v) is 7.95. The molecule has 0 saturated heterocycles. The van der Waals surface area contributed by atoms with E-state index in [2.05, 4.69) is 29.8 Å². The Morgan fingerprint density at radius 2 is 1.77 bits per heavy atom. The van der Waals surface area contributed by atoms with E-state index < -0.39 is 0 Å². The largest absolute Gasteiger partial charge is 0.372 e. The Morgan fingerprint density at radius 3 is 2.36 bits per heavy atom. The lowest BCUT2D eigenvalue weighted by molar-refractivity contribution is -0.110. The first kappa shape index (κ1) is 16.8. The van der Waals surface area contributed by atoms with Crippen LogP contribution >= 0.6 is 23.2 Å². The van der Waals surface area contributed by atoms with Crippen molar-refractivity contribution in [3.63, 3.8) is 0 Å². The molecule has 0 N–H and O–H groups in total. The molecule has 1 aliphatic carbocycles. The summed E-state index contributed by atoms with van der Waals surface area (Å²) in [6.45, 7) is 8.17. The number of aliphatic imine (C=N–C) groups is 1. The van der Waals surface area contributed by atoms with E-state index in [4.69, 9.17) is 23.2 Å². The van der Waals surface area contributed by atoms with Gasteiger partial charge in [-0.1, -0.05) is 23.2 Å². The van der Waals surface area contributed by atoms with Crippen LogP contribution in [0, 0.1) is 6.92 Å². The lowest BCUT2D eigenvalue weighted by atomic mass is 10.1. The van der Waals surface area contributed by atoms with Crippen molar-refractivity contribution < 1.29 is 4.79 Å². The van der Waals surface area contributed by atoms with Gasteiger partial charge in [0, 0.05) is 24.9 Å². The van der Waals surface area contributed by atoms with Gasteiger partial charge in [0.1, 0.15) is 0 Å². The van der Waals surface area contributed by atoms with Crippen molar-refractivity contribution in [1.29, 1.82) is 0 Å². The molecule has 0 heterocycles. The number of halogens is 2. The molecule has 0 atom stereocenters. The predicted octanol–water partition coefficient (Wildman–Crippen LogP) is 4.74. The van der Waals surface area contributed by atoms with Crippen LogP contribution in [0.3, 0.4) is 0 Å². The molecular weight excluding hydrogens is 319 g/mol. The predicted molar refractivity (Wildman–Crippen MR) is 94.7 cm³/mol. The summed E-state index contributed by atoms with van der Waals surface area (Å²) in [5, 5.41) is 0.433. The standard InChI is InChI=1S/C17H18Cl2N2O/c1-4-21(5-2)12-6-7-15(11(3)8-12)20-16-9-14(19)17(22)10-13(16)18/h6-10H,4-5H2,1-3H3. The summed E-state index contributed by atoms with van der Waals surface area (Å²) in [6.07, 6.45) is 2.80. The van der Waals surface area contributed by atoms with Gasteiger partial charge >= 0.3 is 0 Å². The Hall–Kier alpha value is -1.58. The van der Waals surface area contributed by atoms with Gasteiger partial charge in [-0.05, 0) is 50.6 Å². The van der Waals surface area contributed by atoms with Crippen LogP contribution in [-0.4, -0.2) is 24.6 Å². The molecule has 3 nitrogen and oxygen atoms in total. The number of ketones is 1. The van der Waals surface area contributed by atoms with Gasteiger partial charge in [-0.2, -0.15) is 0 Å². The first-order chi connectivity index (χ1) is 10.5. The SMILES string of the molecule is CCN(CC)c1ccc(N=C2C=C(Cl)C(=O)C=C2Cl)c(C)c1. The third kappa shape index (κ3) is 3.60. The molecule has 0 bridgehead atoms. The molecule has 1 aromatic rings. The second-order valence-corrected chi connectivity index (χ2v) is 5.80. The van der Waals surface area contributed by atoms with E-state index in [1.165, 1.54) is 17.8 Å². The maximum atomic E-state index is 11.4. The third-order valence-corrected chi connectivity index (χ3v) is 4.15. The first-order valence-electron chi connectivity index (χ1n) is 7.19. The van der Waals surface area contributed by atoms with Crippen LogP contribution in [0.5, 0.6) is 0 Å². The van der Waals surface area contributed by atoms with E-state index in [1.54, 1.807) is 0 Å². The zero-order valence-corrected chi connectivity index (χ0v) is 14.4. The Bertz CT molecular complexity index is 686. The molecule has 0 spiro atoms. The molecular formula is C17H18Cl2N2O. The molecule has 1 aliphatic rings. The number of allylic oxidation sites excluding steroid dienone is 4. The van der Waals surface area contributed by atoms with Crippen molar-refractivity contribution in [1.82, 2.24) is 0 Å². The maximum absolute atomic E-state index is 11.4. The van der Waals surface area contributed by atoms with Gasteiger partial charge in [0.25, 0.3) is 0 Å². The Morgan fingerprint density at radius 1 is 1.09 bits per heavy atom. The third-order valence-electron chi connectivity index (χ3n) is 3.55. The molecule has 0 aliphatic heterocycles. The summed E-state index contributed by atoms with van der Waals surface area (Å²) in [5.74, 6) is -0.292. The fourth-order valence-corrected chi connectivity index (χ4v) is 2.64. The number of anilines is 1. The number of carbonyl (C=O) groups excluding carboxylic acids is 1. The number of aryl methyl sites for hydroxylation is 1. The van der Waals surface area contributed by atoms with Crippen LogP contribution in [0.25, 0.3) is 0 Å². The smallest absolute Gasteiger partial charge is 0.198 e. The molecule has 22 heavy (non-hydrogen) atoms. The number of benzene rings is 1. The molecule has 0 aromatic heterocycles. The van der Waals surface area contributed by atoms with Crippen molar-refractivity contribution >= 4 is 46.1 Å². The minimum absolute atomic E-state index is 0.126. The second kappa shape index (κ2) is 7.12. The van der Waals surface area contributed by atoms with E-state index in [0.717, 1.165) is 24.3 Å². The van der Waals surface area contributed by atoms with Gasteiger partial charge in [-0.3, -0.25) is 4.79 Å². The minimum atomic E-state index is -0.292. The normalized spacial score (nSPS) is 16.6. The van der Waals surface area contributed by atoms with Crippen molar-refractivity contribution in [3.05, 3.63) is 46.0 Å². The molecule has 0 fully saturated rings. The average molecular weight is 337 g/mol. The van der Waals surface area contributed by atoms with Gasteiger partial charge < -0.3 is 4.90 Å². The Kier molecular flexibility index (Phi) is 5.43. The highest BCUT2D eigenvalue weighted by Gasteiger charge is 2.16. The second-order valence-electron chi connectivity index (χ2n) is 4.99. The minimum Gasteiger partial charge on any atom is -0.372 e. The maximum Gasteiger partial charge on any atom is 0.198 e. The van der Waals surface area contributed by atoms with Crippen molar-refractivity contribution in [3.8, 4) is 0 Å². The molecule has 2 rings (SSSR count). The van der Waals surface area contributed by atoms with Gasteiger partial charge in [-0.25, -0.2) is 4.99 Å². The zero-order valence-electron chi connectivity index (χ0n) is 12.9. The quantitative estimate of drug-likeness (QED) is 0.743. The van der Waals surface area contributed by atoms with Gasteiger partial charge in [0.2, 0.25) is 0 Å². The highest BCUT2D eigenvalue weighted by atomic mass is 35.5. The summed E-state index contributed by atoms with van der Waals surface area (Å²) in [7, 11) is 0.